The molecule has 22 nitrogen and oxygen atoms in total. The van der Waals surface area contributed by atoms with Crippen LogP contribution in [0.5, 0.6) is 0 Å². The van der Waals surface area contributed by atoms with Crippen molar-refractivity contribution in [2.45, 2.75) is 269 Å². The SMILES string of the molecule is CC(C)CN(CC(C)C)c1ccc(C2(C(=O)O)CCCC2)cc1Nc1ccccc1.CC(C)CN(CC(C)C)c1ccc(C2(OC=O)CCCC2)cc1Cc1nc2ccccc2[nH]1.COCCN(c1ccc(SC(C)(C)C(=O)O)cc1NC(=O)Cc1ccc(C)cc1F)C1CCCCC1.Cc1ccc(CC(=O)Nc2cc(SC(C)(C)C(=O)O)ccc2N(CC(C)C)C2CCS(=O)(=O)CC2)c(F)c1. The molecule has 9 aromatic rings. The first-order valence-electron chi connectivity index (χ1n) is 48.8. The second kappa shape index (κ2) is 49.9. The number of H-pyrrole nitrogens is 1. The molecule has 7 N–H and O–H groups in total. The van der Waals surface area contributed by atoms with Crippen molar-refractivity contribution in [2.24, 2.45) is 29.6 Å². The Bertz CT molecular complexity index is 5580. The van der Waals surface area contributed by atoms with Crippen LogP contribution in [0.2, 0.25) is 0 Å². The number of para-hydroxylation sites is 3. The second-order valence-electron chi connectivity index (χ2n) is 40.6. The molecule has 137 heavy (non-hydrogen) atoms. The monoisotopic (exact) mass is 1940 g/mol. The number of carbonyl (C=O) groups excluding carboxylic acids is 3. The normalized spacial score (nSPS) is 15.3. The third-order valence-corrected chi connectivity index (χ3v) is 29.7. The molecule has 3 saturated carbocycles. The molecule has 2 amide bonds. The van der Waals surface area contributed by atoms with E-state index < -0.39 is 65.8 Å². The number of halogens is 2. The van der Waals surface area contributed by atoms with Crippen LogP contribution in [-0.2, 0) is 78.4 Å². The Morgan fingerprint density at radius 1 is 0.526 bits per heavy atom. The lowest BCUT2D eigenvalue weighted by Crippen LogP contribution is -2.43. The Hall–Kier alpha value is -10.5. The number of ether oxygens (including phenoxy) is 2. The molecule has 2 heterocycles. The zero-order valence-corrected chi connectivity index (χ0v) is 85.9. The molecule has 3 aliphatic carbocycles. The summed E-state index contributed by atoms with van der Waals surface area (Å²) < 4.78 is 62.0. The molecule has 13 rings (SSSR count). The quantitative estimate of drug-likeness (QED) is 0.0139. The van der Waals surface area contributed by atoms with Crippen molar-refractivity contribution < 1.29 is 70.8 Å². The van der Waals surface area contributed by atoms with E-state index in [0.717, 1.165) is 175 Å². The Labute approximate surface area is 820 Å². The number of aryl methyl sites for hydroxylation is 2. The molecule has 1 aromatic heterocycles. The van der Waals surface area contributed by atoms with Gasteiger partial charge in [-0.2, -0.15) is 0 Å². The van der Waals surface area contributed by atoms with Gasteiger partial charge in [0.05, 0.1) is 81.5 Å². The van der Waals surface area contributed by atoms with Gasteiger partial charge in [-0.15, -0.1) is 23.5 Å². The van der Waals surface area contributed by atoms with Crippen LogP contribution in [0.25, 0.3) is 11.0 Å². The number of aliphatic carboxylic acids is 3. The molecule has 0 spiro atoms. The number of imidazole rings is 1. The summed E-state index contributed by atoms with van der Waals surface area (Å²) in [5, 5.41) is 38.8. The van der Waals surface area contributed by atoms with E-state index in [1.54, 1.807) is 79.0 Å². The van der Waals surface area contributed by atoms with E-state index in [1.807, 2.05) is 78.9 Å². The highest BCUT2D eigenvalue weighted by Gasteiger charge is 2.44. The number of amides is 2. The van der Waals surface area contributed by atoms with Gasteiger partial charge in [0, 0.05) is 86.0 Å². The number of anilines is 8. The van der Waals surface area contributed by atoms with Crippen LogP contribution in [0.4, 0.5) is 54.3 Å². The molecule has 0 bridgehead atoms. The zero-order chi connectivity index (χ0) is 99.7. The van der Waals surface area contributed by atoms with Crippen molar-refractivity contribution in [1.82, 2.24) is 9.97 Å². The van der Waals surface area contributed by atoms with Gasteiger partial charge in [0.15, 0.2) is 0 Å². The number of hydrogen-bond acceptors (Lipinski definition) is 18. The zero-order valence-electron chi connectivity index (χ0n) is 83.4. The van der Waals surface area contributed by atoms with Crippen LogP contribution in [0, 0.1) is 55.1 Å². The molecule has 1 saturated heterocycles. The van der Waals surface area contributed by atoms with Crippen molar-refractivity contribution in [1.29, 1.82) is 0 Å². The smallest absolute Gasteiger partial charge is 0.319 e. The number of carboxylic acids is 3. The van der Waals surface area contributed by atoms with Crippen LogP contribution in [-0.4, -0.2) is 156 Å². The predicted octanol–water partition coefficient (Wildman–Crippen LogP) is 24.0. The number of carbonyl (C=O) groups is 6. The van der Waals surface area contributed by atoms with Gasteiger partial charge in [-0.05, 0) is 271 Å². The van der Waals surface area contributed by atoms with Crippen LogP contribution in [0.1, 0.15) is 238 Å². The summed E-state index contributed by atoms with van der Waals surface area (Å²) in [6.45, 7) is 38.7. The summed E-state index contributed by atoms with van der Waals surface area (Å²) in [7, 11) is -1.38. The van der Waals surface area contributed by atoms with Gasteiger partial charge in [-0.1, -0.05) is 168 Å². The van der Waals surface area contributed by atoms with Crippen molar-refractivity contribution in [3.63, 3.8) is 0 Å². The first kappa shape index (κ1) is 109. The van der Waals surface area contributed by atoms with Crippen molar-refractivity contribution in [3.05, 3.63) is 220 Å². The maximum Gasteiger partial charge on any atom is 0.319 e. The number of thioether (sulfide) groups is 2. The van der Waals surface area contributed by atoms with Crippen LogP contribution in [0.15, 0.2) is 174 Å². The minimum Gasteiger partial charge on any atom is -0.481 e. The maximum atomic E-state index is 14.4. The maximum absolute atomic E-state index is 14.4. The molecule has 0 unspecified atom stereocenters. The fraction of sp³-hybridized carbons (Fsp3) is 0.500. The average molecular weight is 1940 g/mol. The molecule has 8 aromatic carbocycles. The van der Waals surface area contributed by atoms with Gasteiger partial charge < -0.3 is 65.3 Å². The van der Waals surface area contributed by atoms with E-state index in [4.69, 9.17) is 14.5 Å². The Morgan fingerprint density at radius 3 is 1.47 bits per heavy atom. The lowest BCUT2D eigenvalue weighted by molar-refractivity contribution is -0.144. The van der Waals surface area contributed by atoms with E-state index in [2.05, 4.69) is 152 Å². The number of carboxylic acid groups (broad SMARTS) is 3. The number of fused-ring (bicyclic) bond motifs is 1. The molecular formula is C110H147F2N9O13S3. The van der Waals surface area contributed by atoms with Gasteiger partial charge in [0.1, 0.15) is 42.4 Å². The molecule has 1 aliphatic heterocycles. The van der Waals surface area contributed by atoms with Crippen LogP contribution in [0.3, 0.4) is 0 Å². The van der Waals surface area contributed by atoms with Crippen LogP contribution >= 0.6 is 23.5 Å². The van der Waals surface area contributed by atoms with Gasteiger partial charge in [-0.3, -0.25) is 28.8 Å². The van der Waals surface area contributed by atoms with Gasteiger partial charge in [0.25, 0.3) is 6.47 Å². The number of aromatic nitrogens is 2. The molecule has 0 atom stereocenters. The summed E-state index contributed by atoms with van der Waals surface area (Å²) in [6, 6.07) is 52.3. The predicted molar refractivity (Wildman–Crippen MR) is 555 cm³/mol. The largest absolute Gasteiger partial charge is 0.481 e. The highest BCUT2D eigenvalue weighted by Crippen LogP contribution is 2.48. The first-order chi connectivity index (χ1) is 65.0. The third kappa shape index (κ3) is 31.0. The Morgan fingerprint density at radius 2 is 0.993 bits per heavy atom. The highest BCUT2D eigenvalue weighted by atomic mass is 32.2. The van der Waals surface area contributed by atoms with E-state index in [-0.39, 0.29) is 47.8 Å². The molecule has 4 aliphatic rings. The van der Waals surface area contributed by atoms with E-state index in [9.17, 15) is 61.3 Å². The second-order valence-corrected chi connectivity index (χ2v) is 46.3. The Kier molecular flexibility index (Phi) is 39.5. The van der Waals surface area contributed by atoms with Crippen molar-refractivity contribution in [2.75, 3.05) is 100 Å². The minimum absolute atomic E-state index is 0.0277. The molecular weight excluding hydrogens is 1790 g/mol. The highest BCUT2D eigenvalue weighted by molar-refractivity contribution is 8.01. The number of hydrogen-bond donors (Lipinski definition) is 7. The lowest BCUT2D eigenvalue weighted by Gasteiger charge is -2.38. The van der Waals surface area contributed by atoms with Crippen molar-refractivity contribution in [3.8, 4) is 0 Å². The molecule has 27 heteroatoms. The summed E-state index contributed by atoms with van der Waals surface area (Å²) in [6.07, 6.45) is 14.4. The number of benzene rings is 8. The van der Waals surface area contributed by atoms with Gasteiger partial charge in [0.2, 0.25) is 11.8 Å². The summed E-state index contributed by atoms with van der Waals surface area (Å²) in [4.78, 5) is 92.4. The van der Waals surface area contributed by atoms with Gasteiger partial charge >= 0.3 is 17.9 Å². The number of methoxy groups -OCH3 is 1. The lowest BCUT2D eigenvalue weighted by atomic mass is 9.78. The number of sulfone groups is 1. The van der Waals surface area contributed by atoms with Crippen LogP contribution < -0.4 is 35.6 Å². The first-order valence-corrected chi connectivity index (χ1v) is 52.3. The number of aromatic amines is 1. The summed E-state index contributed by atoms with van der Waals surface area (Å²) in [5.74, 6) is -0.511. The average Bonchev–Trinajstić information content (AvgIpc) is 1.73. The third-order valence-electron chi connectivity index (χ3n) is 25.7. The van der Waals surface area contributed by atoms with E-state index in [1.165, 1.54) is 41.6 Å². The fourth-order valence-corrected chi connectivity index (χ4v) is 22.3. The molecule has 4 fully saturated rings. The van der Waals surface area contributed by atoms with E-state index >= 15 is 0 Å². The summed E-state index contributed by atoms with van der Waals surface area (Å²) in [5.41, 5.74) is 13.3. The number of rotatable bonds is 40. The molecule has 0 radical (unpaired) electrons. The number of nitrogens with zero attached hydrogens (tertiary/aromatic N) is 5. The summed E-state index contributed by atoms with van der Waals surface area (Å²) >= 11 is 2.39. The minimum atomic E-state index is -3.06. The fourth-order valence-electron chi connectivity index (χ4n) is 18.9. The standard InChI is InChI=1S/C28H37FN2O5S2.C28H37FN2O4S.C28H37N3O2.C26H36N2O2/c1-18(2)17-31(21-10-12-38(35,36)13-11-21)25-9-8-22(37-28(4,5)27(33)34)16-24(25)30-26(32)15-20-7-6-19(3)14-23(20)29;1-19-10-11-20(23(29)16-19)17-26(32)30-24-18-22(36-28(2,3)27(33)34)12-13-25(24)31(14-15-35-4)21-8-6-5-7-9-21;1-20(2)17-31(18-21(3)4)26-12-11-23(28(33-19-32)13-7-8-14-28)15-22(26)16-27-29-24-9-5-6-10-25(24)30-27;1-19(2)17-28(18-20(3)4)24-13-12-21(26(25(29)30)14-8-9-15-26)16-23(24)27-22-10-6-5-7-11-22/h6-9,14,16,18,21H,10-13,15,17H2,1-5H3,(H,30,32)(H,33,34);10-13,16,18,21H,5-9,14-15,17H2,1-4H3,(H,30,32)(H,33,34);5-6,9-12,15,19-21H,7-8,13-14,16-18H2,1-4H3,(H,29,30);5-7,10-13,16,19-20,27H,8-9,14-15,17-18H2,1-4H3,(H,29,30). The molecule has 742 valence electrons. The topological polar surface area (TPSA) is 293 Å². The van der Waals surface area contributed by atoms with Gasteiger partial charge in [-0.25, -0.2) is 22.2 Å². The number of nitrogens with one attached hydrogen (secondary N) is 4. The van der Waals surface area contributed by atoms with Crippen molar-refractivity contribution >= 4 is 126 Å². The Balaban J connectivity index is 0.000000189. The van der Waals surface area contributed by atoms with E-state index in [0.29, 0.717) is 110 Å².